The third-order valence-electron chi connectivity index (χ3n) is 2.68. The van der Waals surface area contributed by atoms with Crippen LogP contribution < -0.4 is 5.32 Å². The van der Waals surface area contributed by atoms with Crippen molar-refractivity contribution in [3.8, 4) is 0 Å². The van der Waals surface area contributed by atoms with E-state index in [0.29, 0.717) is 5.89 Å². The van der Waals surface area contributed by atoms with E-state index in [-0.39, 0.29) is 23.9 Å². The van der Waals surface area contributed by atoms with Crippen LogP contribution in [0.15, 0.2) is 22.6 Å². The van der Waals surface area contributed by atoms with Crippen molar-refractivity contribution >= 4 is 0 Å². The van der Waals surface area contributed by atoms with Gasteiger partial charge >= 0.3 is 0 Å². The highest BCUT2D eigenvalue weighted by molar-refractivity contribution is 5.22. The Labute approximate surface area is 103 Å². The first-order valence-corrected chi connectivity index (χ1v) is 5.54. The van der Waals surface area contributed by atoms with Crippen LogP contribution in [0, 0.1) is 11.6 Å². The molecule has 1 atom stereocenters. The van der Waals surface area contributed by atoms with Crippen LogP contribution in [0.2, 0.25) is 0 Å². The molecular weight excluding hydrogens is 240 g/mol. The summed E-state index contributed by atoms with van der Waals surface area (Å²) in [6, 6.07) is 3.62. The van der Waals surface area contributed by atoms with Crippen LogP contribution in [-0.2, 0) is 6.42 Å². The minimum Gasteiger partial charge on any atom is -0.423 e. The normalized spacial score (nSPS) is 12.7. The van der Waals surface area contributed by atoms with Gasteiger partial charge in [0.05, 0.1) is 12.5 Å². The van der Waals surface area contributed by atoms with Gasteiger partial charge in [-0.2, -0.15) is 0 Å². The van der Waals surface area contributed by atoms with Gasteiger partial charge in [0, 0.05) is 5.56 Å². The predicted molar refractivity (Wildman–Crippen MR) is 60.9 cm³/mol. The molecule has 6 heteroatoms. The van der Waals surface area contributed by atoms with Gasteiger partial charge in [-0.05, 0) is 26.1 Å². The first-order chi connectivity index (χ1) is 8.61. The van der Waals surface area contributed by atoms with Gasteiger partial charge in [0.1, 0.15) is 11.6 Å². The smallest absolute Gasteiger partial charge is 0.233 e. The Bertz CT molecular complexity index is 522. The maximum absolute atomic E-state index is 13.4. The highest BCUT2D eigenvalue weighted by Crippen LogP contribution is 2.17. The van der Waals surface area contributed by atoms with E-state index >= 15 is 0 Å². The lowest BCUT2D eigenvalue weighted by molar-refractivity contribution is 0.407. The zero-order valence-electron chi connectivity index (χ0n) is 10.1. The van der Waals surface area contributed by atoms with Crippen LogP contribution in [0.4, 0.5) is 8.78 Å². The fourth-order valence-electron chi connectivity index (χ4n) is 1.49. The van der Waals surface area contributed by atoms with E-state index in [4.69, 9.17) is 4.42 Å². The molecular formula is C12H13F2N3O. The van der Waals surface area contributed by atoms with Gasteiger partial charge in [0.25, 0.3) is 0 Å². The summed E-state index contributed by atoms with van der Waals surface area (Å²) in [5, 5.41) is 10.5. The first kappa shape index (κ1) is 12.6. The van der Waals surface area contributed by atoms with Crippen molar-refractivity contribution in [1.29, 1.82) is 0 Å². The van der Waals surface area contributed by atoms with Crippen molar-refractivity contribution in [3.05, 3.63) is 47.2 Å². The number of rotatable bonds is 4. The van der Waals surface area contributed by atoms with E-state index < -0.39 is 11.6 Å². The lowest BCUT2D eigenvalue weighted by Gasteiger charge is -2.03. The minimum absolute atomic E-state index is 0.0536. The quantitative estimate of drug-likeness (QED) is 0.907. The number of aromatic nitrogens is 2. The summed E-state index contributed by atoms with van der Waals surface area (Å²) in [5.74, 6) is -0.645. The molecule has 0 aliphatic heterocycles. The third kappa shape index (κ3) is 2.53. The fourth-order valence-corrected chi connectivity index (χ4v) is 1.49. The Kier molecular flexibility index (Phi) is 3.66. The molecule has 0 aliphatic rings. The lowest BCUT2D eigenvalue weighted by Crippen LogP contribution is -2.12. The molecule has 1 aromatic heterocycles. The minimum atomic E-state index is -0.614. The average Bonchev–Trinajstić information content (AvgIpc) is 2.81. The molecule has 18 heavy (non-hydrogen) atoms. The molecule has 1 aromatic carbocycles. The average molecular weight is 253 g/mol. The maximum atomic E-state index is 13.4. The van der Waals surface area contributed by atoms with Crippen molar-refractivity contribution in [2.45, 2.75) is 19.4 Å². The van der Waals surface area contributed by atoms with Crippen LogP contribution >= 0.6 is 0 Å². The molecule has 0 saturated heterocycles. The lowest BCUT2D eigenvalue weighted by atomic mass is 10.1. The Morgan fingerprint density at radius 3 is 2.56 bits per heavy atom. The molecule has 0 saturated carbocycles. The van der Waals surface area contributed by atoms with Gasteiger partial charge in [0.15, 0.2) is 0 Å². The number of benzene rings is 1. The zero-order valence-corrected chi connectivity index (χ0v) is 10.1. The van der Waals surface area contributed by atoms with Crippen molar-refractivity contribution < 1.29 is 13.2 Å². The second-order valence-corrected chi connectivity index (χ2v) is 3.92. The van der Waals surface area contributed by atoms with Crippen LogP contribution in [0.3, 0.4) is 0 Å². The van der Waals surface area contributed by atoms with E-state index in [1.165, 1.54) is 18.2 Å². The van der Waals surface area contributed by atoms with Crippen LogP contribution in [0.25, 0.3) is 0 Å². The van der Waals surface area contributed by atoms with E-state index in [9.17, 15) is 8.78 Å². The van der Waals surface area contributed by atoms with E-state index in [2.05, 4.69) is 15.5 Å². The van der Waals surface area contributed by atoms with E-state index in [1.807, 2.05) is 6.92 Å². The second-order valence-electron chi connectivity index (χ2n) is 3.92. The van der Waals surface area contributed by atoms with Gasteiger partial charge in [-0.15, -0.1) is 10.2 Å². The van der Waals surface area contributed by atoms with Crippen LogP contribution in [0.1, 0.15) is 30.3 Å². The van der Waals surface area contributed by atoms with Crippen molar-refractivity contribution in [3.63, 3.8) is 0 Å². The molecule has 2 rings (SSSR count). The summed E-state index contributed by atoms with van der Waals surface area (Å²) in [6.45, 7) is 1.85. The fraction of sp³-hybridized carbons (Fsp3) is 0.333. The molecule has 96 valence electrons. The molecule has 0 bridgehead atoms. The van der Waals surface area contributed by atoms with Gasteiger partial charge in [0.2, 0.25) is 11.8 Å². The molecule has 0 radical (unpaired) electrons. The summed E-state index contributed by atoms with van der Waals surface area (Å²) < 4.78 is 32.2. The van der Waals surface area contributed by atoms with Gasteiger partial charge in [-0.25, -0.2) is 8.78 Å². The van der Waals surface area contributed by atoms with Gasteiger partial charge in [-0.3, -0.25) is 0 Å². The predicted octanol–water partition coefficient (Wildman–Crippen LogP) is 2.22. The summed E-state index contributed by atoms with van der Waals surface area (Å²) in [4.78, 5) is 0. The summed E-state index contributed by atoms with van der Waals surface area (Å²) >= 11 is 0. The first-order valence-electron chi connectivity index (χ1n) is 5.54. The zero-order chi connectivity index (χ0) is 13.1. The SMILES string of the molecule is CNC(C)c1nnc(Cc2c(F)cccc2F)o1. The molecule has 0 spiro atoms. The Morgan fingerprint density at radius 2 is 1.94 bits per heavy atom. The molecule has 1 unspecified atom stereocenters. The number of nitrogens with one attached hydrogen (secondary N) is 1. The highest BCUT2D eigenvalue weighted by atomic mass is 19.1. The summed E-state index contributed by atoms with van der Waals surface area (Å²) in [7, 11) is 1.76. The summed E-state index contributed by atoms with van der Waals surface area (Å²) in [5.41, 5.74) is -0.0650. The largest absolute Gasteiger partial charge is 0.423 e. The highest BCUT2D eigenvalue weighted by Gasteiger charge is 2.15. The van der Waals surface area contributed by atoms with Crippen LogP contribution in [0.5, 0.6) is 0 Å². The molecule has 0 fully saturated rings. The standard InChI is InChI=1S/C12H13F2N3O/c1-7(15-2)12-17-16-11(18-12)6-8-9(13)4-3-5-10(8)14/h3-5,7,15H,6H2,1-2H3. The number of hydrogen-bond acceptors (Lipinski definition) is 4. The summed E-state index contributed by atoms with van der Waals surface area (Å²) in [6.07, 6.45) is -0.0536. The number of hydrogen-bond donors (Lipinski definition) is 1. The molecule has 0 amide bonds. The number of halogens is 2. The molecule has 2 aromatic rings. The van der Waals surface area contributed by atoms with Crippen molar-refractivity contribution in [1.82, 2.24) is 15.5 Å². The van der Waals surface area contributed by atoms with Gasteiger partial charge in [-0.1, -0.05) is 6.07 Å². The van der Waals surface area contributed by atoms with Crippen molar-refractivity contribution in [2.24, 2.45) is 0 Å². The second kappa shape index (κ2) is 5.22. The Hall–Kier alpha value is -1.82. The molecule has 1 N–H and O–H groups in total. The third-order valence-corrected chi connectivity index (χ3v) is 2.68. The monoisotopic (exact) mass is 253 g/mol. The van der Waals surface area contributed by atoms with Crippen LogP contribution in [-0.4, -0.2) is 17.2 Å². The molecule has 0 aliphatic carbocycles. The molecule has 4 nitrogen and oxygen atoms in total. The molecule has 1 heterocycles. The van der Waals surface area contributed by atoms with E-state index in [1.54, 1.807) is 7.05 Å². The number of nitrogens with zero attached hydrogens (tertiary/aromatic N) is 2. The van der Waals surface area contributed by atoms with E-state index in [0.717, 1.165) is 0 Å². The maximum Gasteiger partial charge on any atom is 0.233 e. The Morgan fingerprint density at radius 1 is 1.28 bits per heavy atom. The van der Waals surface area contributed by atoms with Crippen molar-refractivity contribution in [2.75, 3.05) is 7.05 Å². The van der Waals surface area contributed by atoms with Gasteiger partial charge < -0.3 is 9.73 Å². The topological polar surface area (TPSA) is 51.0 Å². The Balaban J connectivity index is 2.21.